The molecule has 0 saturated heterocycles. The van der Waals surface area contributed by atoms with Crippen molar-refractivity contribution in [1.82, 2.24) is 9.97 Å². The number of nitrogens with zero attached hydrogens (tertiary/aromatic N) is 2. The highest BCUT2D eigenvalue weighted by Gasteiger charge is 2.17. The third-order valence-electron chi connectivity index (χ3n) is 4.19. The standard InChI is InChI=1S/C21H23ClN4O4S2/c1-5-32(28,29)26-16-7-14(22)6-15(8-16)25-21(27)19-9-18(13(4)31-19)20-23-10-17(11-24-20)30-12(2)3/h6-12,26H,5H2,1-4H3,(H,25,27). The summed E-state index contributed by atoms with van der Waals surface area (Å²) in [5.74, 6) is 0.638. The molecule has 0 fully saturated rings. The fourth-order valence-corrected chi connectivity index (χ4v) is 4.54. The van der Waals surface area contributed by atoms with Crippen molar-refractivity contribution < 1.29 is 17.9 Å². The molecule has 0 aliphatic rings. The molecule has 1 aromatic carbocycles. The number of sulfonamides is 1. The normalized spacial score (nSPS) is 11.4. The first-order valence-electron chi connectivity index (χ1n) is 9.78. The van der Waals surface area contributed by atoms with E-state index in [1.54, 1.807) is 24.5 Å². The molecule has 3 rings (SSSR count). The van der Waals surface area contributed by atoms with Gasteiger partial charge in [0.2, 0.25) is 10.0 Å². The number of thiophene rings is 1. The fraction of sp³-hybridized carbons (Fsp3) is 0.286. The van der Waals surface area contributed by atoms with Crippen LogP contribution in [0.3, 0.4) is 0 Å². The van der Waals surface area contributed by atoms with E-state index in [1.807, 2.05) is 20.8 Å². The van der Waals surface area contributed by atoms with E-state index in [9.17, 15) is 13.2 Å². The molecule has 0 saturated carbocycles. The maximum Gasteiger partial charge on any atom is 0.265 e. The second kappa shape index (κ2) is 9.85. The van der Waals surface area contributed by atoms with Crippen molar-refractivity contribution in [2.75, 3.05) is 15.8 Å². The number of amides is 1. The number of benzene rings is 1. The fourth-order valence-electron chi connectivity index (χ4n) is 2.77. The molecular formula is C21H23ClN4O4S2. The summed E-state index contributed by atoms with van der Waals surface area (Å²) in [6.45, 7) is 7.25. The minimum Gasteiger partial charge on any atom is -0.488 e. The first-order valence-corrected chi connectivity index (χ1v) is 12.6. The van der Waals surface area contributed by atoms with Gasteiger partial charge in [-0.2, -0.15) is 0 Å². The molecule has 32 heavy (non-hydrogen) atoms. The number of hydrogen-bond acceptors (Lipinski definition) is 7. The summed E-state index contributed by atoms with van der Waals surface area (Å²) in [5, 5.41) is 3.05. The Labute approximate surface area is 196 Å². The summed E-state index contributed by atoms with van der Waals surface area (Å²) in [4.78, 5) is 22.8. The van der Waals surface area contributed by atoms with Gasteiger partial charge in [-0.05, 0) is 52.0 Å². The molecule has 0 unspecified atom stereocenters. The van der Waals surface area contributed by atoms with Crippen LogP contribution >= 0.6 is 22.9 Å². The average Bonchev–Trinajstić information content (AvgIpc) is 3.09. The zero-order valence-electron chi connectivity index (χ0n) is 18.0. The SMILES string of the molecule is CCS(=O)(=O)Nc1cc(Cl)cc(NC(=O)c2cc(-c3ncc(OC(C)C)cn3)c(C)s2)c1. The quantitative estimate of drug-likeness (QED) is 0.457. The molecule has 0 atom stereocenters. The van der Waals surface area contributed by atoms with Crippen LogP contribution in [0.1, 0.15) is 35.3 Å². The van der Waals surface area contributed by atoms with Crippen molar-refractivity contribution in [2.24, 2.45) is 0 Å². The first-order chi connectivity index (χ1) is 15.1. The molecule has 0 radical (unpaired) electrons. The predicted octanol–water partition coefficient (Wildman–Crippen LogP) is 4.97. The van der Waals surface area contributed by atoms with Crippen LogP contribution in [0.15, 0.2) is 36.7 Å². The van der Waals surface area contributed by atoms with Gasteiger partial charge in [0.05, 0.1) is 34.8 Å². The molecule has 0 bridgehead atoms. The lowest BCUT2D eigenvalue weighted by atomic mass is 10.2. The maximum absolute atomic E-state index is 12.8. The lowest BCUT2D eigenvalue weighted by Crippen LogP contribution is -2.15. The number of aromatic nitrogens is 2. The Bertz CT molecular complexity index is 1230. The van der Waals surface area contributed by atoms with E-state index in [0.29, 0.717) is 22.1 Å². The van der Waals surface area contributed by atoms with E-state index in [2.05, 4.69) is 20.0 Å². The lowest BCUT2D eigenvalue weighted by Gasteiger charge is -2.10. The minimum atomic E-state index is -3.47. The number of rotatable bonds is 8. The van der Waals surface area contributed by atoms with Gasteiger partial charge in [0.15, 0.2) is 11.6 Å². The number of aryl methyl sites for hydroxylation is 1. The van der Waals surface area contributed by atoms with Gasteiger partial charge in [-0.15, -0.1) is 11.3 Å². The Morgan fingerprint density at radius 1 is 1.16 bits per heavy atom. The molecule has 0 aliphatic carbocycles. The van der Waals surface area contributed by atoms with Crippen molar-refractivity contribution in [2.45, 2.75) is 33.8 Å². The summed E-state index contributed by atoms with van der Waals surface area (Å²) < 4.78 is 31.6. The summed E-state index contributed by atoms with van der Waals surface area (Å²) in [6.07, 6.45) is 3.22. The third kappa shape index (κ3) is 6.18. The van der Waals surface area contributed by atoms with Crippen molar-refractivity contribution in [3.05, 3.63) is 51.4 Å². The second-order valence-electron chi connectivity index (χ2n) is 7.18. The van der Waals surface area contributed by atoms with Crippen LogP contribution in [0.2, 0.25) is 5.02 Å². The number of ether oxygens (including phenoxy) is 1. The van der Waals surface area contributed by atoms with Crippen LogP contribution in [0.4, 0.5) is 11.4 Å². The van der Waals surface area contributed by atoms with Gasteiger partial charge in [0.1, 0.15) is 0 Å². The van der Waals surface area contributed by atoms with E-state index in [4.69, 9.17) is 16.3 Å². The van der Waals surface area contributed by atoms with Crippen LogP contribution in [0, 0.1) is 6.92 Å². The van der Waals surface area contributed by atoms with Crippen LogP contribution in [0.5, 0.6) is 5.75 Å². The molecule has 0 spiro atoms. The highest BCUT2D eigenvalue weighted by atomic mass is 35.5. The molecule has 11 heteroatoms. The van der Waals surface area contributed by atoms with E-state index < -0.39 is 10.0 Å². The molecule has 2 N–H and O–H groups in total. The van der Waals surface area contributed by atoms with Crippen LogP contribution < -0.4 is 14.8 Å². The predicted molar refractivity (Wildman–Crippen MR) is 128 cm³/mol. The lowest BCUT2D eigenvalue weighted by molar-refractivity contribution is 0.103. The highest BCUT2D eigenvalue weighted by Crippen LogP contribution is 2.30. The number of anilines is 2. The number of carbonyl (C=O) groups excluding carboxylic acids is 1. The monoisotopic (exact) mass is 494 g/mol. The van der Waals surface area contributed by atoms with Crippen molar-refractivity contribution in [1.29, 1.82) is 0 Å². The maximum atomic E-state index is 12.8. The Balaban J connectivity index is 1.79. The first kappa shape index (κ1) is 24.0. The zero-order valence-corrected chi connectivity index (χ0v) is 20.4. The van der Waals surface area contributed by atoms with E-state index in [-0.39, 0.29) is 28.5 Å². The zero-order chi connectivity index (χ0) is 23.5. The van der Waals surface area contributed by atoms with Gasteiger partial charge in [0.25, 0.3) is 5.91 Å². The molecule has 1 amide bonds. The number of halogens is 1. The van der Waals surface area contributed by atoms with Gasteiger partial charge in [-0.25, -0.2) is 18.4 Å². The molecule has 8 nitrogen and oxygen atoms in total. The number of nitrogens with one attached hydrogen (secondary N) is 2. The highest BCUT2D eigenvalue weighted by molar-refractivity contribution is 7.92. The van der Waals surface area contributed by atoms with E-state index >= 15 is 0 Å². The minimum absolute atomic E-state index is 0.0203. The topological polar surface area (TPSA) is 110 Å². The third-order valence-corrected chi connectivity index (χ3v) is 6.77. The summed E-state index contributed by atoms with van der Waals surface area (Å²) in [7, 11) is -3.47. The summed E-state index contributed by atoms with van der Waals surface area (Å²) in [6, 6.07) is 6.25. The smallest absolute Gasteiger partial charge is 0.265 e. The summed E-state index contributed by atoms with van der Waals surface area (Å²) in [5.41, 5.74) is 1.39. The van der Waals surface area contributed by atoms with Gasteiger partial charge >= 0.3 is 0 Å². The van der Waals surface area contributed by atoms with E-state index in [0.717, 1.165) is 10.4 Å². The van der Waals surface area contributed by atoms with Crippen LogP contribution in [0.25, 0.3) is 11.4 Å². The van der Waals surface area contributed by atoms with Crippen molar-refractivity contribution in [3.8, 4) is 17.1 Å². The largest absolute Gasteiger partial charge is 0.488 e. The van der Waals surface area contributed by atoms with E-state index in [1.165, 1.54) is 30.4 Å². The molecule has 2 heterocycles. The van der Waals surface area contributed by atoms with Gasteiger partial charge in [-0.1, -0.05) is 11.6 Å². The van der Waals surface area contributed by atoms with Gasteiger partial charge in [0, 0.05) is 21.2 Å². The Morgan fingerprint density at radius 2 is 1.81 bits per heavy atom. The Morgan fingerprint density at radius 3 is 2.44 bits per heavy atom. The van der Waals surface area contributed by atoms with Crippen LogP contribution in [-0.2, 0) is 10.0 Å². The van der Waals surface area contributed by atoms with Crippen molar-refractivity contribution >= 4 is 50.2 Å². The Kier molecular flexibility index (Phi) is 7.37. The molecular weight excluding hydrogens is 472 g/mol. The summed E-state index contributed by atoms with van der Waals surface area (Å²) >= 11 is 7.40. The van der Waals surface area contributed by atoms with Gasteiger partial charge < -0.3 is 10.1 Å². The number of hydrogen-bond donors (Lipinski definition) is 2. The molecule has 2 aromatic heterocycles. The molecule has 170 valence electrons. The Hall–Kier alpha value is -2.69. The molecule has 0 aliphatic heterocycles. The average molecular weight is 495 g/mol. The second-order valence-corrected chi connectivity index (χ2v) is 10.9. The molecule has 3 aromatic rings. The van der Waals surface area contributed by atoms with Crippen molar-refractivity contribution in [3.63, 3.8) is 0 Å². The number of carbonyl (C=O) groups is 1. The van der Waals surface area contributed by atoms with Gasteiger partial charge in [-0.3, -0.25) is 9.52 Å². The van der Waals surface area contributed by atoms with Crippen LogP contribution in [-0.4, -0.2) is 36.1 Å².